The molecule has 2 rings (SSSR count). The zero-order valence-electron chi connectivity index (χ0n) is 23.1. The molecule has 0 aliphatic carbocycles. The predicted molar refractivity (Wildman–Crippen MR) is 142 cm³/mol. The number of allylic oxidation sites excluding steroid dienone is 2. The molecular weight excluding hydrogens is 442 g/mol. The van der Waals surface area contributed by atoms with Crippen LogP contribution < -0.4 is 5.32 Å². The highest BCUT2D eigenvalue weighted by atomic mass is 16.8. The SMILES string of the molecule is CCCCCCCC/C=C\CCCCCCCCN[C@@H](CCO)[C@H]1O[C@@H]2OC(C)(C)O[C@@H]2[C@H]1OC. The van der Waals surface area contributed by atoms with Crippen molar-refractivity contribution in [3.8, 4) is 0 Å². The van der Waals surface area contributed by atoms with Crippen molar-refractivity contribution >= 4 is 0 Å². The van der Waals surface area contributed by atoms with Gasteiger partial charge in [-0.05, 0) is 58.9 Å². The summed E-state index contributed by atoms with van der Waals surface area (Å²) in [5.74, 6) is -0.652. The van der Waals surface area contributed by atoms with Crippen LogP contribution in [-0.4, -0.2) is 61.8 Å². The van der Waals surface area contributed by atoms with Crippen molar-refractivity contribution in [2.45, 2.75) is 154 Å². The molecule has 2 aliphatic heterocycles. The van der Waals surface area contributed by atoms with E-state index in [9.17, 15) is 5.11 Å². The number of rotatable bonds is 21. The third kappa shape index (κ3) is 11.6. The van der Waals surface area contributed by atoms with Crippen molar-refractivity contribution < 1.29 is 24.1 Å². The van der Waals surface area contributed by atoms with Gasteiger partial charge in [0.05, 0.1) is 0 Å². The minimum atomic E-state index is -0.652. The van der Waals surface area contributed by atoms with Crippen LogP contribution in [0.1, 0.15) is 117 Å². The number of nitrogens with one attached hydrogen (secondary N) is 1. The molecule has 2 N–H and O–H groups in total. The molecule has 2 saturated heterocycles. The van der Waals surface area contributed by atoms with Crippen molar-refractivity contribution in [2.24, 2.45) is 0 Å². The van der Waals surface area contributed by atoms with Crippen molar-refractivity contribution in [1.29, 1.82) is 0 Å². The van der Waals surface area contributed by atoms with Crippen molar-refractivity contribution in [3.63, 3.8) is 0 Å². The molecule has 0 amide bonds. The van der Waals surface area contributed by atoms with E-state index in [0.29, 0.717) is 6.42 Å². The average molecular weight is 498 g/mol. The lowest BCUT2D eigenvalue weighted by atomic mass is 10.0. The number of aliphatic hydroxyl groups is 1. The molecule has 0 aromatic carbocycles. The summed E-state index contributed by atoms with van der Waals surface area (Å²) in [6, 6.07) is 0.0222. The molecular formula is C29H55NO5. The van der Waals surface area contributed by atoms with Crippen LogP contribution in [0, 0.1) is 0 Å². The number of hydrogen-bond donors (Lipinski definition) is 2. The first-order valence-corrected chi connectivity index (χ1v) is 14.6. The molecule has 2 heterocycles. The monoisotopic (exact) mass is 497 g/mol. The van der Waals surface area contributed by atoms with E-state index in [4.69, 9.17) is 18.9 Å². The summed E-state index contributed by atoms with van der Waals surface area (Å²) in [7, 11) is 1.69. The molecule has 0 bridgehead atoms. The number of hydrogen-bond acceptors (Lipinski definition) is 6. The summed E-state index contributed by atoms with van der Waals surface area (Å²) in [4.78, 5) is 0. The van der Waals surface area contributed by atoms with Gasteiger partial charge in [0, 0.05) is 19.8 Å². The van der Waals surface area contributed by atoms with Crippen molar-refractivity contribution in [1.82, 2.24) is 5.32 Å². The molecule has 0 unspecified atom stereocenters. The largest absolute Gasteiger partial charge is 0.396 e. The Hall–Kier alpha value is -0.500. The molecule has 206 valence electrons. The van der Waals surface area contributed by atoms with Crippen LogP contribution in [0.25, 0.3) is 0 Å². The molecule has 0 radical (unpaired) electrons. The first-order chi connectivity index (χ1) is 17.0. The van der Waals surface area contributed by atoms with Crippen molar-refractivity contribution in [2.75, 3.05) is 20.3 Å². The second-order valence-electron chi connectivity index (χ2n) is 10.8. The van der Waals surface area contributed by atoms with E-state index >= 15 is 0 Å². The highest BCUT2D eigenvalue weighted by molar-refractivity contribution is 4.98. The number of ether oxygens (including phenoxy) is 4. The molecule has 6 nitrogen and oxygen atoms in total. The molecule has 35 heavy (non-hydrogen) atoms. The Morgan fingerprint density at radius 1 is 0.886 bits per heavy atom. The zero-order valence-corrected chi connectivity index (χ0v) is 23.1. The number of aliphatic hydroxyl groups excluding tert-OH is 1. The quantitative estimate of drug-likeness (QED) is 0.144. The van der Waals surface area contributed by atoms with Crippen molar-refractivity contribution in [3.05, 3.63) is 12.2 Å². The number of fused-ring (bicyclic) bond motifs is 1. The summed E-state index contributed by atoms with van der Waals surface area (Å²) in [6.45, 7) is 7.10. The topological polar surface area (TPSA) is 69.2 Å². The van der Waals surface area contributed by atoms with Gasteiger partial charge in [0.2, 0.25) is 0 Å². The molecule has 2 aliphatic rings. The van der Waals surface area contributed by atoms with Gasteiger partial charge >= 0.3 is 0 Å². The van der Waals surface area contributed by atoms with Gasteiger partial charge in [0.1, 0.15) is 18.3 Å². The average Bonchev–Trinajstić information content (AvgIpc) is 3.31. The zero-order chi connectivity index (χ0) is 25.4. The lowest BCUT2D eigenvalue weighted by Gasteiger charge is -2.30. The molecule has 2 fully saturated rings. The molecule has 0 spiro atoms. The second-order valence-corrected chi connectivity index (χ2v) is 10.8. The van der Waals surface area contributed by atoms with Gasteiger partial charge in [-0.25, -0.2) is 0 Å². The van der Waals surface area contributed by atoms with E-state index in [1.165, 1.54) is 83.5 Å². The smallest absolute Gasteiger partial charge is 0.190 e. The fourth-order valence-corrected chi connectivity index (χ4v) is 5.28. The minimum absolute atomic E-state index is 0.0222. The maximum atomic E-state index is 9.58. The third-order valence-electron chi connectivity index (χ3n) is 7.23. The van der Waals surface area contributed by atoms with E-state index in [0.717, 1.165) is 13.0 Å². The third-order valence-corrected chi connectivity index (χ3v) is 7.23. The Labute approximate surface area is 215 Å². The first-order valence-electron chi connectivity index (χ1n) is 14.6. The highest BCUT2D eigenvalue weighted by Crippen LogP contribution is 2.39. The minimum Gasteiger partial charge on any atom is -0.396 e. The summed E-state index contributed by atoms with van der Waals surface area (Å²) < 4.78 is 23.8. The van der Waals surface area contributed by atoms with E-state index < -0.39 is 12.1 Å². The van der Waals surface area contributed by atoms with Gasteiger partial charge in [-0.3, -0.25) is 0 Å². The Morgan fingerprint density at radius 3 is 2.09 bits per heavy atom. The summed E-state index contributed by atoms with van der Waals surface area (Å²) in [5.41, 5.74) is 0. The van der Waals surface area contributed by atoms with Gasteiger partial charge in [0.15, 0.2) is 12.1 Å². The number of unbranched alkanes of at least 4 members (excludes halogenated alkanes) is 12. The van der Waals surface area contributed by atoms with Gasteiger partial charge < -0.3 is 29.4 Å². The Morgan fingerprint density at radius 2 is 1.49 bits per heavy atom. The standard InChI is InChI=1S/C29H55NO5/c1-5-6-7-8-9-10-11-12-13-14-15-16-17-18-19-20-22-30-24(21-23-31)25-26(32-4)27-28(33-25)35-29(2,3)34-27/h12-13,24-28,30-31H,5-11,14-23H2,1-4H3/b13-12-/t24-,25+,26-,27+,28+/m0/s1. The van der Waals surface area contributed by atoms with Crippen LogP contribution >= 0.6 is 0 Å². The normalized spacial score (nSPS) is 26.5. The van der Waals surface area contributed by atoms with Gasteiger partial charge in [-0.1, -0.05) is 76.9 Å². The van der Waals surface area contributed by atoms with Crippen LogP contribution in [0.4, 0.5) is 0 Å². The van der Waals surface area contributed by atoms with Crippen LogP contribution in [0.15, 0.2) is 12.2 Å². The lowest BCUT2D eigenvalue weighted by molar-refractivity contribution is -0.220. The molecule has 6 heteroatoms. The number of methoxy groups -OCH3 is 1. The van der Waals surface area contributed by atoms with Gasteiger partial charge in [-0.15, -0.1) is 0 Å². The lowest BCUT2D eigenvalue weighted by Crippen LogP contribution is -2.49. The molecule has 5 atom stereocenters. The Bertz CT molecular complexity index is 555. The first kappa shape index (κ1) is 30.7. The van der Waals surface area contributed by atoms with Crippen LogP contribution in [0.2, 0.25) is 0 Å². The maximum absolute atomic E-state index is 9.58. The fourth-order valence-electron chi connectivity index (χ4n) is 5.28. The van der Waals surface area contributed by atoms with E-state index in [-0.39, 0.29) is 31.0 Å². The van der Waals surface area contributed by atoms with Crippen LogP contribution in [0.5, 0.6) is 0 Å². The summed E-state index contributed by atoms with van der Waals surface area (Å²) in [5, 5.41) is 13.2. The molecule has 0 aromatic heterocycles. The maximum Gasteiger partial charge on any atom is 0.190 e. The highest BCUT2D eigenvalue weighted by Gasteiger charge is 2.56. The fraction of sp³-hybridized carbons (Fsp3) is 0.931. The van der Waals surface area contributed by atoms with Gasteiger partial charge in [0.25, 0.3) is 0 Å². The van der Waals surface area contributed by atoms with E-state index in [1.807, 2.05) is 13.8 Å². The summed E-state index contributed by atoms with van der Waals surface area (Å²) in [6.07, 6.45) is 22.8. The molecule has 0 saturated carbocycles. The molecule has 0 aromatic rings. The predicted octanol–water partition coefficient (Wildman–Crippen LogP) is 6.26. The van der Waals surface area contributed by atoms with E-state index in [1.54, 1.807) is 7.11 Å². The Kier molecular flexibility index (Phi) is 15.7. The van der Waals surface area contributed by atoms with Gasteiger partial charge in [-0.2, -0.15) is 0 Å². The second kappa shape index (κ2) is 17.9. The summed E-state index contributed by atoms with van der Waals surface area (Å²) >= 11 is 0. The van der Waals surface area contributed by atoms with E-state index in [2.05, 4.69) is 24.4 Å². The van der Waals surface area contributed by atoms with Crippen LogP contribution in [-0.2, 0) is 18.9 Å². The Balaban J connectivity index is 1.49. The van der Waals surface area contributed by atoms with Crippen LogP contribution in [0.3, 0.4) is 0 Å².